The Morgan fingerprint density at radius 3 is 2.78 bits per heavy atom. The molecule has 3 atom stereocenters. The topological polar surface area (TPSA) is 50.8 Å². The first-order valence-electron chi connectivity index (χ1n) is 6.64. The third-order valence-electron chi connectivity index (χ3n) is 3.60. The Balaban J connectivity index is 1.96. The average molecular weight is 256 g/mol. The van der Waals surface area contributed by atoms with Crippen LogP contribution in [0.25, 0.3) is 0 Å². The fraction of sp³-hybridized carbons (Fsp3) is 0.923. The predicted octanol–water partition coefficient (Wildman–Crippen LogP) is 0.389. The minimum atomic E-state index is -0.257. The van der Waals surface area contributed by atoms with Gasteiger partial charge in [0.05, 0.1) is 23.9 Å². The highest BCUT2D eigenvalue weighted by Crippen LogP contribution is 2.22. The highest BCUT2D eigenvalue weighted by Gasteiger charge is 2.38. The van der Waals surface area contributed by atoms with Gasteiger partial charge in [-0.1, -0.05) is 0 Å². The van der Waals surface area contributed by atoms with E-state index in [1.165, 1.54) is 0 Å². The lowest BCUT2D eigenvalue weighted by atomic mass is 10.0. The van der Waals surface area contributed by atoms with Crippen LogP contribution >= 0.6 is 0 Å². The molecule has 0 aromatic rings. The number of nitrogens with one attached hydrogen (secondary N) is 1. The van der Waals surface area contributed by atoms with Gasteiger partial charge < -0.3 is 19.7 Å². The van der Waals surface area contributed by atoms with E-state index in [2.05, 4.69) is 5.32 Å². The molecule has 5 nitrogen and oxygen atoms in total. The molecular weight excluding hydrogens is 232 g/mol. The predicted molar refractivity (Wildman–Crippen MR) is 68.4 cm³/mol. The van der Waals surface area contributed by atoms with Crippen molar-refractivity contribution in [1.29, 1.82) is 0 Å². The van der Waals surface area contributed by atoms with Crippen LogP contribution in [0.2, 0.25) is 0 Å². The van der Waals surface area contributed by atoms with Crippen LogP contribution in [-0.2, 0) is 14.3 Å². The van der Waals surface area contributed by atoms with Crippen molar-refractivity contribution < 1.29 is 14.3 Å². The highest BCUT2D eigenvalue weighted by molar-refractivity contribution is 5.82. The second kappa shape index (κ2) is 5.15. The van der Waals surface area contributed by atoms with Gasteiger partial charge in [-0.2, -0.15) is 0 Å². The van der Waals surface area contributed by atoms with Gasteiger partial charge in [0, 0.05) is 26.7 Å². The monoisotopic (exact) mass is 256 g/mol. The van der Waals surface area contributed by atoms with Crippen molar-refractivity contribution in [2.24, 2.45) is 0 Å². The Morgan fingerprint density at radius 2 is 2.22 bits per heavy atom. The number of ether oxygens (including phenoxy) is 2. The summed E-state index contributed by atoms with van der Waals surface area (Å²) in [4.78, 5) is 14.4. The standard InChI is InChI=1S/C13H24N2O3/c1-9-7-15(8-13(2,3)18-9)12(16)11-5-10(17-4)6-14-11/h9-11,14H,5-8H2,1-4H3. The van der Waals surface area contributed by atoms with Crippen LogP contribution in [-0.4, -0.2) is 61.4 Å². The lowest BCUT2D eigenvalue weighted by Gasteiger charge is -2.42. The lowest BCUT2D eigenvalue weighted by Crippen LogP contribution is -2.57. The molecular formula is C13H24N2O3. The maximum absolute atomic E-state index is 12.4. The van der Waals surface area contributed by atoms with E-state index >= 15 is 0 Å². The van der Waals surface area contributed by atoms with E-state index < -0.39 is 0 Å². The highest BCUT2D eigenvalue weighted by atomic mass is 16.5. The van der Waals surface area contributed by atoms with E-state index in [-0.39, 0.29) is 29.8 Å². The normalized spacial score (nSPS) is 35.8. The number of nitrogens with zero attached hydrogens (tertiary/aromatic N) is 1. The van der Waals surface area contributed by atoms with E-state index in [1.807, 2.05) is 25.7 Å². The number of carbonyl (C=O) groups excluding carboxylic acids is 1. The van der Waals surface area contributed by atoms with Gasteiger partial charge in [0.25, 0.3) is 0 Å². The second-order valence-corrected chi connectivity index (χ2v) is 5.96. The summed E-state index contributed by atoms with van der Waals surface area (Å²) in [7, 11) is 1.69. The van der Waals surface area contributed by atoms with Gasteiger partial charge in [-0.05, 0) is 27.2 Å². The number of methoxy groups -OCH3 is 1. The van der Waals surface area contributed by atoms with E-state index in [1.54, 1.807) is 7.11 Å². The summed E-state index contributed by atoms with van der Waals surface area (Å²) in [5, 5.41) is 3.24. The lowest BCUT2D eigenvalue weighted by molar-refractivity contribution is -0.159. The SMILES string of the molecule is COC1CNC(C(=O)N2CC(C)OC(C)(C)C2)C1. The zero-order valence-corrected chi connectivity index (χ0v) is 11.7. The molecule has 2 saturated heterocycles. The Kier molecular flexibility index (Phi) is 3.94. The molecule has 2 aliphatic rings. The van der Waals surface area contributed by atoms with Crippen LogP contribution < -0.4 is 5.32 Å². The minimum absolute atomic E-state index is 0.0947. The fourth-order valence-corrected chi connectivity index (χ4v) is 2.91. The van der Waals surface area contributed by atoms with Crippen LogP contribution in [0, 0.1) is 0 Å². The molecule has 0 spiro atoms. The average Bonchev–Trinajstić information content (AvgIpc) is 2.73. The number of hydrogen-bond acceptors (Lipinski definition) is 4. The number of hydrogen-bond donors (Lipinski definition) is 1. The van der Waals surface area contributed by atoms with Crippen molar-refractivity contribution in [2.45, 2.75) is 51.0 Å². The molecule has 0 aromatic heterocycles. The van der Waals surface area contributed by atoms with Crippen molar-refractivity contribution in [3.05, 3.63) is 0 Å². The third-order valence-corrected chi connectivity index (χ3v) is 3.60. The molecule has 0 radical (unpaired) electrons. The van der Waals surface area contributed by atoms with Crippen molar-refractivity contribution >= 4 is 5.91 Å². The molecule has 0 aliphatic carbocycles. The van der Waals surface area contributed by atoms with Crippen molar-refractivity contribution in [3.8, 4) is 0 Å². The molecule has 3 unspecified atom stereocenters. The van der Waals surface area contributed by atoms with Gasteiger partial charge in [0.1, 0.15) is 0 Å². The Bertz CT molecular complexity index is 319. The first-order valence-corrected chi connectivity index (χ1v) is 6.64. The number of rotatable bonds is 2. The van der Waals surface area contributed by atoms with Gasteiger partial charge in [-0.3, -0.25) is 4.79 Å². The smallest absolute Gasteiger partial charge is 0.239 e. The first kappa shape index (κ1) is 13.8. The Morgan fingerprint density at radius 1 is 1.50 bits per heavy atom. The summed E-state index contributed by atoms with van der Waals surface area (Å²) < 4.78 is 11.1. The molecule has 2 fully saturated rings. The van der Waals surface area contributed by atoms with Crippen molar-refractivity contribution in [3.63, 3.8) is 0 Å². The quantitative estimate of drug-likeness (QED) is 0.776. The van der Waals surface area contributed by atoms with Crippen LogP contribution in [0.3, 0.4) is 0 Å². The van der Waals surface area contributed by atoms with E-state index in [9.17, 15) is 4.79 Å². The van der Waals surface area contributed by atoms with E-state index in [0.717, 1.165) is 13.0 Å². The summed E-state index contributed by atoms with van der Waals surface area (Å²) in [6, 6.07) is -0.101. The maximum Gasteiger partial charge on any atom is 0.239 e. The molecule has 5 heteroatoms. The first-order chi connectivity index (χ1) is 8.41. The third kappa shape index (κ3) is 3.02. The van der Waals surface area contributed by atoms with Crippen LogP contribution in [0.4, 0.5) is 0 Å². The summed E-state index contributed by atoms with van der Waals surface area (Å²) in [6.45, 7) is 8.17. The summed E-state index contributed by atoms with van der Waals surface area (Å²) in [5.74, 6) is 0.178. The van der Waals surface area contributed by atoms with Gasteiger partial charge in [-0.15, -0.1) is 0 Å². The molecule has 2 rings (SSSR count). The second-order valence-electron chi connectivity index (χ2n) is 5.96. The molecule has 1 amide bonds. The Hall–Kier alpha value is -0.650. The van der Waals surface area contributed by atoms with Crippen LogP contribution in [0.15, 0.2) is 0 Å². The molecule has 104 valence electrons. The minimum Gasteiger partial charge on any atom is -0.380 e. The van der Waals surface area contributed by atoms with Gasteiger partial charge in [0.15, 0.2) is 0 Å². The summed E-state index contributed by atoms with van der Waals surface area (Å²) >= 11 is 0. The fourth-order valence-electron chi connectivity index (χ4n) is 2.91. The summed E-state index contributed by atoms with van der Waals surface area (Å²) in [6.07, 6.45) is 1.02. The molecule has 18 heavy (non-hydrogen) atoms. The maximum atomic E-state index is 12.4. The van der Waals surface area contributed by atoms with Gasteiger partial charge >= 0.3 is 0 Å². The van der Waals surface area contributed by atoms with Crippen molar-refractivity contribution in [2.75, 3.05) is 26.7 Å². The molecule has 0 saturated carbocycles. The van der Waals surface area contributed by atoms with Crippen LogP contribution in [0.5, 0.6) is 0 Å². The zero-order chi connectivity index (χ0) is 13.3. The van der Waals surface area contributed by atoms with Crippen molar-refractivity contribution in [1.82, 2.24) is 10.2 Å². The molecule has 2 heterocycles. The van der Waals surface area contributed by atoms with Crippen LogP contribution in [0.1, 0.15) is 27.2 Å². The molecule has 1 N–H and O–H groups in total. The van der Waals surface area contributed by atoms with E-state index in [4.69, 9.17) is 9.47 Å². The zero-order valence-electron chi connectivity index (χ0n) is 11.7. The molecule has 2 aliphatic heterocycles. The van der Waals surface area contributed by atoms with Gasteiger partial charge in [0.2, 0.25) is 5.91 Å². The number of morpholine rings is 1. The van der Waals surface area contributed by atoms with Gasteiger partial charge in [-0.25, -0.2) is 0 Å². The Labute approximate surface area is 109 Å². The molecule has 0 aromatic carbocycles. The summed E-state index contributed by atoms with van der Waals surface area (Å²) in [5.41, 5.74) is -0.257. The number of amides is 1. The van der Waals surface area contributed by atoms with E-state index in [0.29, 0.717) is 13.1 Å². The molecule has 0 bridgehead atoms. The largest absolute Gasteiger partial charge is 0.380 e. The number of carbonyl (C=O) groups is 1.